The van der Waals surface area contributed by atoms with Crippen LogP contribution in [0, 0.1) is 13.8 Å². The van der Waals surface area contributed by atoms with Crippen molar-refractivity contribution < 1.29 is 27.4 Å². The Kier molecular flexibility index (Phi) is 7.30. The predicted molar refractivity (Wildman–Crippen MR) is 118 cm³/mol. The molecule has 0 aliphatic heterocycles. The monoisotopic (exact) mass is 461 g/mol. The number of carbonyl (C=O) groups excluding carboxylic acids is 1. The van der Waals surface area contributed by atoms with Crippen molar-refractivity contribution in [3.05, 3.63) is 71.0 Å². The van der Waals surface area contributed by atoms with Crippen LogP contribution in [0.2, 0.25) is 0 Å². The highest BCUT2D eigenvalue weighted by atomic mass is 19.4. The van der Waals surface area contributed by atoms with Crippen LogP contribution in [0.15, 0.2) is 48.5 Å². The second-order valence-electron chi connectivity index (χ2n) is 7.60. The van der Waals surface area contributed by atoms with Crippen LogP contribution in [0.25, 0.3) is 5.69 Å². The van der Waals surface area contributed by atoms with Crippen LogP contribution < -0.4 is 9.47 Å². The molecule has 0 N–H and O–H groups in total. The molecule has 0 bridgehead atoms. The summed E-state index contributed by atoms with van der Waals surface area (Å²) in [7, 11) is 3.23. The first-order valence-corrected chi connectivity index (χ1v) is 10.3. The fourth-order valence-electron chi connectivity index (χ4n) is 3.44. The molecule has 9 heteroatoms. The molecular weight excluding hydrogens is 435 g/mol. The van der Waals surface area contributed by atoms with Gasteiger partial charge in [-0.05, 0) is 44.2 Å². The molecule has 0 atom stereocenters. The second-order valence-corrected chi connectivity index (χ2v) is 7.60. The number of nitrogens with zero attached hydrogens (tertiary/aromatic N) is 3. The summed E-state index contributed by atoms with van der Waals surface area (Å²) in [6.45, 7) is 4.12. The van der Waals surface area contributed by atoms with Crippen LogP contribution in [0.3, 0.4) is 0 Å². The molecule has 33 heavy (non-hydrogen) atoms. The van der Waals surface area contributed by atoms with Gasteiger partial charge in [0, 0.05) is 18.3 Å². The van der Waals surface area contributed by atoms with Crippen LogP contribution >= 0.6 is 0 Å². The van der Waals surface area contributed by atoms with Gasteiger partial charge in [-0.25, -0.2) is 4.68 Å². The lowest BCUT2D eigenvalue weighted by atomic mass is 10.1. The minimum atomic E-state index is -4.44. The summed E-state index contributed by atoms with van der Waals surface area (Å²) in [4.78, 5) is 14.3. The number of aryl methyl sites for hydroxylation is 1. The van der Waals surface area contributed by atoms with E-state index in [-0.39, 0.29) is 18.9 Å². The maximum Gasteiger partial charge on any atom is 0.416 e. The number of ether oxygens (including phenoxy) is 2. The van der Waals surface area contributed by atoms with E-state index in [0.717, 1.165) is 12.1 Å². The zero-order valence-corrected chi connectivity index (χ0v) is 18.9. The Labute approximate surface area is 190 Å². The molecule has 3 rings (SSSR count). The number of amides is 1. The normalized spacial score (nSPS) is 11.4. The molecule has 0 saturated carbocycles. The van der Waals surface area contributed by atoms with Crippen LogP contribution in [-0.4, -0.2) is 47.9 Å². The van der Waals surface area contributed by atoms with Crippen molar-refractivity contribution in [1.29, 1.82) is 0 Å². The van der Waals surface area contributed by atoms with Gasteiger partial charge in [0.25, 0.3) is 0 Å². The molecule has 0 spiro atoms. The second kappa shape index (κ2) is 9.97. The third-order valence-corrected chi connectivity index (χ3v) is 5.37. The molecule has 176 valence electrons. The van der Waals surface area contributed by atoms with Gasteiger partial charge in [-0.1, -0.05) is 18.2 Å². The third kappa shape index (κ3) is 5.66. The first-order valence-electron chi connectivity index (χ1n) is 10.3. The summed E-state index contributed by atoms with van der Waals surface area (Å²) < 4.78 is 51.7. The molecule has 6 nitrogen and oxygen atoms in total. The number of benzene rings is 2. The zero-order valence-electron chi connectivity index (χ0n) is 18.9. The molecule has 0 aliphatic rings. The number of likely N-dealkylation sites (N-methyl/N-ethyl adjacent to an activating group) is 1. The van der Waals surface area contributed by atoms with Gasteiger partial charge in [-0.15, -0.1) is 0 Å². The minimum Gasteiger partial charge on any atom is -0.493 e. The molecule has 0 saturated heterocycles. The van der Waals surface area contributed by atoms with E-state index in [9.17, 15) is 18.0 Å². The average Bonchev–Trinajstić information content (AvgIpc) is 3.07. The topological polar surface area (TPSA) is 56.6 Å². The number of methoxy groups -OCH3 is 1. The Bertz CT molecular complexity index is 1130. The van der Waals surface area contributed by atoms with E-state index in [4.69, 9.17) is 9.47 Å². The quantitative estimate of drug-likeness (QED) is 0.492. The maximum absolute atomic E-state index is 13.1. The largest absolute Gasteiger partial charge is 0.493 e. The Hall–Kier alpha value is -3.49. The highest BCUT2D eigenvalue weighted by molar-refractivity contribution is 5.79. The fourth-order valence-corrected chi connectivity index (χ4v) is 3.44. The van der Waals surface area contributed by atoms with Crippen LogP contribution in [-0.2, 0) is 17.4 Å². The van der Waals surface area contributed by atoms with Crippen LogP contribution in [0.1, 0.15) is 22.5 Å². The fraction of sp³-hybridized carbons (Fsp3) is 0.333. The SMILES string of the molecule is COc1ccccc1OCCN(C)C(=O)Cc1c(C)nn(-c2cccc(C(F)(F)F)c2)c1C. The van der Waals surface area contributed by atoms with Gasteiger partial charge in [0.2, 0.25) is 5.91 Å². The van der Waals surface area contributed by atoms with E-state index in [1.54, 1.807) is 51.1 Å². The number of para-hydroxylation sites is 2. The molecule has 1 amide bonds. The summed E-state index contributed by atoms with van der Waals surface area (Å²) in [6.07, 6.45) is -4.36. The van der Waals surface area contributed by atoms with Gasteiger partial charge in [-0.3, -0.25) is 4.79 Å². The highest BCUT2D eigenvalue weighted by Crippen LogP contribution is 2.31. The van der Waals surface area contributed by atoms with Crippen molar-refractivity contribution in [3.63, 3.8) is 0 Å². The summed E-state index contributed by atoms with van der Waals surface area (Å²) in [5, 5.41) is 4.38. The summed E-state index contributed by atoms with van der Waals surface area (Å²) in [5.41, 5.74) is 1.45. The van der Waals surface area contributed by atoms with Crippen LogP contribution in [0.5, 0.6) is 11.5 Å². The number of hydrogen-bond acceptors (Lipinski definition) is 4. The predicted octanol–water partition coefficient (Wildman–Crippen LogP) is 4.60. The molecule has 3 aromatic rings. The van der Waals surface area contributed by atoms with E-state index in [2.05, 4.69) is 5.10 Å². The van der Waals surface area contributed by atoms with Crippen molar-refractivity contribution in [2.24, 2.45) is 0 Å². The Morgan fingerprint density at radius 2 is 1.79 bits per heavy atom. The van der Waals surface area contributed by atoms with Gasteiger partial charge in [-0.2, -0.15) is 18.3 Å². The van der Waals surface area contributed by atoms with E-state index in [1.807, 2.05) is 12.1 Å². The Morgan fingerprint density at radius 1 is 1.09 bits per heavy atom. The molecule has 0 unspecified atom stereocenters. The first kappa shape index (κ1) is 24.2. The number of alkyl halides is 3. The van der Waals surface area contributed by atoms with Crippen molar-refractivity contribution in [2.45, 2.75) is 26.4 Å². The van der Waals surface area contributed by atoms with E-state index in [1.165, 1.54) is 10.7 Å². The van der Waals surface area contributed by atoms with Gasteiger partial charge in [0.15, 0.2) is 11.5 Å². The molecule has 1 aromatic heterocycles. The number of rotatable bonds is 8. The number of hydrogen-bond donors (Lipinski definition) is 0. The van der Waals surface area contributed by atoms with Crippen molar-refractivity contribution in [2.75, 3.05) is 27.3 Å². The summed E-state index contributed by atoms with van der Waals surface area (Å²) >= 11 is 0. The van der Waals surface area contributed by atoms with Crippen LogP contribution in [0.4, 0.5) is 13.2 Å². The number of carbonyl (C=O) groups is 1. The molecular formula is C24H26F3N3O3. The summed E-state index contributed by atoms with van der Waals surface area (Å²) in [5.74, 6) is 1.06. The lowest BCUT2D eigenvalue weighted by molar-refractivity contribution is -0.137. The molecule has 2 aromatic carbocycles. The number of aromatic nitrogens is 2. The zero-order chi connectivity index (χ0) is 24.2. The van der Waals surface area contributed by atoms with E-state index in [0.29, 0.717) is 40.7 Å². The average molecular weight is 461 g/mol. The smallest absolute Gasteiger partial charge is 0.416 e. The molecule has 0 fully saturated rings. The van der Waals surface area contributed by atoms with Gasteiger partial charge < -0.3 is 14.4 Å². The number of halogens is 3. The molecule has 0 aliphatic carbocycles. The maximum atomic E-state index is 13.1. The van der Waals surface area contributed by atoms with Gasteiger partial charge >= 0.3 is 6.18 Å². The van der Waals surface area contributed by atoms with E-state index < -0.39 is 11.7 Å². The van der Waals surface area contributed by atoms with E-state index >= 15 is 0 Å². The Morgan fingerprint density at radius 3 is 2.45 bits per heavy atom. The third-order valence-electron chi connectivity index (χ3n) is 5.37. The minimum absolute atomic E-state index is 0.0851. The van der Waals surface area contributed by atoms with Gasteiger partial charge in [0.1, 0.15) is 6.61 Å². The summed E-state index contributed by atoms with van der Waals surface area (Å²) in [6, 6.07) is 12.2. The first-order chi connectivity index (χ1) is 15.6. The standard InChI is InChI=1S/C24H26F3N3O3/c1-16-20(17(2)30(28-16)19-9-7-8-18(14-19)24(25,26)27)15-23(31)29(3)12-13-33-22-11-6-5-10-21(22)32-4/h5-11,14H,12-13,15H2,1-4H3. The van der Waals surface area contributed by atoms with Crippen molar-refractivity contribution in [1.82, 2.24) is 14.7 Å². The van der Waals surface area contributed by atoms with Gasteiger partial charge in [0.05, 0.1) is 37.0 Å². The lowest BCUT2D eigenvalue weighted by Gasteiger charge is -2.18. The lowest BCUT2D eigenvalue weighted by Crippen LogP contribution is -2.32. The molecule has 1 heterocycles. The Balaban J connectivity index is 1.67. The van der Waals surface area contributed by atoms with Crippen molar-refractivity contribution >= 4 is 5.91 Å². The molecule has 0 radical (unpaired) electrons. The highest BCUT2D eigenvalue weighted by Gasteiger charge is 2.31. The van der Waals surface area contributed by atoms with Crippen molar-refractivity contribution in [3.8, 4) is 17.2 Å².